The van der Waals surface area contributed by atoms with Crippen LogP contribution in [0.15, 0.2) is 78.9 Å². The van der Waals surface area contributed by atoms with Crippen LogP contribution in [0.5, 0.6) is 0 Å². The van der Waals surface area contributed by atoms with Crippen LogP contribution in [-0.2, 0) is 22.4 Å². The van der Waals surface area contributed by atoms with Crippen LogP contribution in [0.4, 0.5) is 10.6 Å². The maximum atomic E-state index is 12.6. The van der Waals surface area contributed by atoms with E-state index in [1.54, 1.807) is 4.68 Å². The predicted molar refractivity (Wildman–Crippen MR) is 132 cm³/mol. The molecule has 2 N–H and O–H groups in total. The fourth-order valence-electron chi connectivity index (χ4n) is 3.72. The number of nitrogens with one attached hydrogen (secondary N) is 1. The Bertz CT molecular complexity index is 1300. The van der Waals surface area contributed by atoms with Crippen LogP contribution in [0.25, 0.3) is 16.8 Å². The van der Waals surface area contributed by atoms with Crippen molar-refractivity contribution in [1.29, 1.82) is 0 Å². The number of carbonyl (C=O) groups is 2. The van der Waals surface area contributed by atoms with Crippen molar-refractivity contribution in [2.24, 2.45) is 0 Å². The number of carboxylic acid groups (broad SMARTS) is 1. The van der Waals surface area contributed by atoms with Gasteiger partial charge in [-0.05, 0) is 47.7 Å². The highest BCUT2D eigenvalue weighted by molar-refractivity contribution is 5.84. The van der Waals surface area contributed by atoms with Gasteiger partial charge in [0.05, 0.1) is 12.1 Å². The second kappa shape index (κ2) is 10.6. The highest BCUT2D eigenvalue weighted by atomic mass is 16.6. The lowest BCUT2D eigenvalue weighted by molar-refractivity contribution is -0.136. The van der Waals surface area contributed by atoms with E-state index >= 15 is 0 Å². The number of rotatable bonds is 8. The average molecular weight is 471 g/mol. The Morgan fingerprint density at radius 1 is 0.971 bits per heavy atom. The molecule has 0 aliphatic carbocycles. The summed E-state index contributed by atoms with van der Waals surface area (Å²) in [4.78, 5) is 23.5. The molecular formula is C27H26N4O4. The van der Waals surface area contributed by atoms with Crippen molar-refractivity contribution in [3.05, 3.63) is 95.7 Å². The summed E-state index contributed by atoms with van der Waals surface area (Å²) in [6.07, 6.45) is -0.414. The maximum Gasteiger partial charge on any atom is 0.413 e. The molecule has 0 fully saturated rings. The summed E-state index contributed by atoms with van der Waals surface area (Å²) in [7, 11) is 0. The first-order valence-corrected chi connectivity index (χ1v) is 11.3. The Kier molecular flexibility index (Phi) is 7.21. The van der Waals surface area contributed by atoms with Crippen molar-refractivity contribution >= 4 is 17.9 Å². The number of aryl methyl sites for hydroxylation is 1. The van der Waals surface area contributed by atoms with E-state index in [1.807, 2.05) is 92.7 Å². The van der Waals surface area contributed by atoms with Crippen LogP contribution in [0, 0.1) is 0 Å². The summed E-state index contributed by atoms with van der Waals surface area (Å²) in [6.45, 7) is 3.76. The van der Waals surface area contributed by atoms with Crippen LogP contribution in [0.3, 0.4) is 0 Å². The number of hydrogen-bond donors (Lipinski definition) is 2. The first-order chi connectivity index (χ1) is 16.9. The summed E-state index contributed by atoms with van der Waals surface area (Å²) in [6, 6.07) is 24.6. The molecule has 1 aromatic heterocycles. The molecule has 4 aromatic rings. The highest BCUT2D eigenvalue weighted by Crippen LogP contribution is 2.25. The number of amides is 1. The number of anilines is 1. The zero-order valence-corrected chi connectivity index (χ0v) is 19.5. The second-order valence-corrected chi connectivity index (χ2v) is 8.05. The SMILES string of the molecule is CCc1nnn(-c2ccc(-c3ccc(CC(=O)O)cc3)cc2)c1NC(=O)O[C@H](C)c1ccccc1. The fraction of sp³-hybridized carbons (Fsp3) is 0.185. The van der Waals surface area contributed by atoms with Crippen molar-refractivity contribution in [2.45, 2.75) is 32.8 Å². The number of nitrogens with zero attached hydrogens (tertiary/aromatic N) is 3. The lowest BCUT2D eigenvalue weighted by Gasteiger charge is -2.15. The van der Waals surface area contributed by atoms with Crippen molar-refractivity contribution in [3.8, 4) is 16.8 Å². The molecular weight excluding hydrogens is 444 g/mol. The topological polar surface area (TPSA) is 106 Å². The van der Waals surface area contributed by atoms with E-state index in [0.29, 0.717) is 17.9 Å². The maximum absolute atomic E-state index is 12.6. The van der Waals surface area contributed by atoms with Gasteiger partial charge in [0.2, 0.25) is 0 Å². The van der Waals surface area contributed by atoms with Crippen LogP contribution in [0.2, 0.25) is 0 Å². The van der Waals surface area contributed by atoms with E-state index in [4.69, 9.17) is 9.84 Å². The molecule has 35 heavy (non-hydrogen) atoms. The summed E-state index contributed by atoms with van der Waals surface area (Å²) in [5.74, 6) is -0.396. The van der Waals surface area contributed by atoms with Gasteiger partial charge in [0.1, 0.15) is 11.8 Å². The Labute approximate surface area is 203 Å². The number of aromatic nitrogens is 3. The van der Waals surface area contributed by atoms with Crippen molar-refractivity contribution in [3.63, 3.8) is 0 Å². The molecule has 0 aliphatic heterocycles. The minimum atomic E-state index is -0.857. The van der Waals surface area contributed by atoms with Crippen LogP contribution in [-0.4, -0.2) is 32.2 Å². The van der Waals surface area contributed by atoms with E-state index in [0.717, 1.165) is 27.9 Å². The number of hydrogen-bond acceptors (Lipinski definition) is 5. The third-order valence-electron chi connectivity index (χ3n) is 5.60. The lowest BCUT2D eigenvalue weighted by Crippen LogP contribution is -2.19. The molecule has 0 spiro atoms. The molecule has 1 atom stereocenters. The van der Waals surface area contributed by atoms with E-state index in [2.05, 4.69) is 15.6 Å². The number of carbonyl (C=O) groups excluding carboxylic acids is 1. The molecule has 178 valence electrons. The largest absolute Gasteiger partial charge is 0.481 e. The number of benzene rings is 3. The highest BCUT2D eigenvalue weighted by Gasteiger charge is 2.19. The monoisotopic (exact) mass is 470 g/mol. The smallest absolute Gasteiger partial charge is 0.413 e. The standard InChI is InChI=1S/C27H26N4O4/c1-3-24-26(28-27(34)35-18(2)20-7-5-4-6-8-20)31(30-29-24)23-15-13-22(14-16-23)21-11-9-19(10-12-21)17-25(32)33/h4-16,18H,3,17H2,1-2H3,(H,28,34)(H,32,33)/t18-/m1/s1. The number of carboxylic acids is 1. The fourth-order valence-corrected chi connectivity index (χ4v) is 3.72. The summed E-state index contributed by atoms with van der Waals surface area (Å²) in [5.41, 5.74) is 4.96. The van der Waals surface area contributed by atoms with E-state index in [1.165, 1.54) is 0 Å². The Morgan fingerprint density at radius 3 is 2.20 bits per heavy atom. The van der Waals surface area contributed by atoms with Crippen molar-refractivity contribution < 1.29 is 19.4 Å². The average Bonchev–Trinajstić information content (AvgIpc) is 3.27. The zero-order chi connectivity index (χ0) is 24.8. The van der Waals surface area contributed by atoms with Gasteiger partial charge in [-0.25, -0.2) is 4.79 Å². The normalized spacial score (nSPS) is 11.6. The second-order valence-electron chi connectivity index (χ2n) is 8.05. The number of ether oxygens (including phenoxy) is 1. The molecule has 4 rings (SSSR count). The first-order valence-electron chi connectivity index (χ1n) is 11.3. The van der Waals surface area contributed by atoms with Crippen LogP contribution < -0.4 is 5.32 Å². The van der Waals surface area contributed by atoms with E-state index in [9.17, 15) is 9.59 Å². The number of aliphatic carboxylic acids is 1. The third-order valence-corrected chi connectivity index (χ3v) is 5.60. The van der Waals surface area contributed by atoms with Gasteiger partial charge in [-0.15, -0.1) is 5.10 Å². The molecule has 0 saturated heterocycles. The lowest BCUT2D eigenvalue weighted by atomic mass is 10.0. The molecule has 0 saturated carbocycles. The van der Waals surface area contributed by atoms with Gasteiger partial charge in [-0.1, -0.05) is 78.9 Å². The minimum Gasteiger partial charge on any atom is -0.481 e. The molecule has 0 radical (unpaired) electrons. The van der Waals surface area contributed by atoms with Crippen LogP contribution in [0.1, 0.15) is 36.8 Å². The summed E-state index contributed by atoms with van der Waals surface area (Å²) >= 11 is 0. The first kappa shape index (κ1) is 23.7. The molecule has 3 aromatic carbocycles. The van der Waals surface area contributed by atoms with Gasteiger partial charge in [-0.2, -0.15) is 4.68 Å². The molecule has 0 bridgehead atoms. The van der Waals surface area contributed by atoms with Gasteiger partial charge >= 0.3 is 12.1 Å². The van der Waals surface area contributed by atoms with Crippen molar-refractivity contribution in [1.82, 2.24) is 15.0 Å². The predicted octanol–water partition coefficient (Wildman–Crippen LogP) is 5.43. The van der Waals surface area contributed by atoms with Gasteiger partial charge in [0, 0.05) is 0 Å². The Hall–Kier alpha value is -4.46. The Balaban J connectivity index is 1.51. The van der Waals surface area contributed by atoms with Crippen molar-refractivity contribution in [2.75, 3.05) is 5.32 Å². The summed E-state index contributed by atoms with van der Waals surface area (Å²) in [5, 5.41) is 20.2. The molecule has 8 heteroatoms. The molecule has 8 nitrogen and oxygen atoms in total. The van der Waals surface area contributed by atoms with E-state index < -0.39 is 18.2 Å². The van der Waals surface area contributed by atoms with Gasteiger partial charge in [0.25, 0.3) is 0 Å². The molecule has 1 amide bonds. The van der Waals surface area contributed by atoms with E-state index in [-0.39, 0.29) is 6.42 Å². The Morgan fingerprint density at radius 2 is 1.60 bits per heavy atom. The molecule has 0 unspecified atom stereocenters. The molecule has 0 aliphatic rings. The van der Waals surface area contributed by atoms with Crippen LogP contribution >= 0.6 is 0 Å². The molecule has 1 heterocycles. The van der Waals surface area contributed by atoms with Gasteiger partial charge < -0.3 is 9.84 Å². The quantitative estimate of drug-likeness (QED) is 0.355. The minimum absolute atomic E-state index is 0.00633. The zero-order valence-electron chi connectivity index (χ0n) is 19.5. The van der Waals surface area contributed by atoms with Gasteiger partial charge in [0.15, 0.2) is 5.82 Å². The van der Waals surface area contributed by atoms with Gasteiger partial charge in [-0.3, -0.25) is 10.1 Å². The third kappa shape index (κ3) is 5.73. The summed E-state index contributed by atoms with van der Waals surface area (Å²) < 4.78 is 7.13.